The Morgan fingerprint density at radius 3 is 2.52 bits per heavy atom. The van der Waals surface area contributed by atoms with Crippen LogP contribution in [0.3, 0.4) is 0 Å². The third-order valence-electron chi connectivity index (χ3n) is 2.55. The van der Waals surface area contributed by atoms with Crippen molar-refractivity contribution in [1.29, 1.82) is 5.26 Å². The van der Waals surface area contributed by atoms with Crippen molar-refractivity contribution in [3.05, 3.63) is 47.7 Å². The van der Waals surface area contributed by atoms with Crippen LogP contribution >= 0.6 is 0 Å². The van der Waals surface area contributed by atoms with E-state index in [1.54, 1.807) is 0 Å². The number of nitrogens with one attached hydrogen (secondary N) is 3. The number of nitriles is 1. The highest BCUT2D eigenvalue weighted by molar-refractivity contribution is 5.97. The molecule has 0 radical (unpaired) electrons. The molecule has 0 aliphatic heterocycles. The zero-order valence-corrected chi connectivity index (χ0v) is 11.8. The first kappa shape index (κ1) is 16.2. The highest BCUT2D eigenvalue weighted by Crippen LogP contribution is 1.98. The molecule has 0 aromatic heterocycles. The van der Waals surface area contributed by atoms with Crippen LogP contribution in [0.2, 0.25) is 0 Å². The van der Waals surface area contributed by atoms with Crippen molar-refractivity contribution in [3.63, 3.8) is 0 Å². The van der Waals surface area contributed by atoms with E-state index in [-0.39, 0.29) is 11.5 Å². The SMILES string of the molecule is CC(=O)NCCN/C=C(/C#N)C(=O)NCc1ccccc1. The molecule has 0 heterocycles. The molecule has 1 aromatic rings. The Balaban J connectivity index is 2.38. The maximum absolute atomic E-state index is 11.8. The van der Waals surface area contributed by atoms with E-state index < -0.39 is 5.91 Å². The topological polar surface area (TPSA) is 94.0 Å². The summed E-state index contributed by atoms with van der Waals surface area (Å²) in [6.07, 6.45) is 1.35. The van der Waals surface area contributed by atoms with Crippen molar-refractivity contribution in [3.8, 4) is 6.07 Å². The van der Waals surface area contributed by atoms with Crippen molar-refractivity contribution < 1.29 is 9.59 Å². The minimum atomic E-state index is -0.437. The summed E-state index contributed by atoms with van der Waals surface area (Å²) in [5.74, 6) is -0.560. The lowest BCUT2D eigenvalue weighted by atomic mass is 10.2. The lowest BCUT2D eigenvalue weighted by molar-refractivity contribution is -0.119. The summed E-state index contributed by atoms with van der Waals surface area (Å²) in [6, 6.07) is 11.3. The van der Waals surface area contributed by atoms with Crippen molar-refractivity contribution in [1.82, 2.24) is 16.0 Å². The lowest BCUT2D eigenvalue weighted by Gasteiger charge is -2.05. The zero-order valence-electron chi connectivity index (χ0n) is 11.8. The number of hydrogen-bond acceptors (Lipinski definition) is 4. The highest BCUT2D eigenvalue weighted by Gasteiger charge is 2.07. The van der Waals surface area contributed by atoms with Gasteiger partial charge in [0.15, 0.2) is 0 Å². The molecule has 0 atom stereocenters. The van der Waals surface area contributed by atoms with Crippen LogP contribution in [-0.4, -0.2) is 24.9 Å². The number of amides is 2. The van der Waals surface area contributed by atoms with Crippen LogP contribution in [0.15, 0.2) is 42.1 Å². The molecule has 0 unspecified atom stereocenters. The molecule has 0 saturated carbocycles. The average Bonchev–Trinajstić information content (AvgIpc) is 2.49. The maximum atomic E-state index is 11.8. The molecule has 6 nitrogen and oxygen atoms in total. The molecular weight excluding hydrogens is 268 g/mol. The Hall–Kier alpha value is -2.81. The first-order valence-corrected chi connectivity index (χ1v) is 6.53. The van der Waals surface area contributed by atoms with Crippen LogP contribution in [-0.2, 0) is 16.1 Å². The van der Waals surface area contributed by atoms with Crippen molar-refractivity contribution >= 4 is 11.8 Å². The quantitative estimate of drug-likeness (QED) is 0.385. The van der Waals surface area contributed by atoms with Gasteiger partial charge in [0.1, 0.15) is 11.6 Å². The van der Waals surface area contributed by atoms with Crippen LogP contribution in [0.5, 0.6) is 0 Å². The third-order valence-corrected chi connectivity index (χ3v) is 2.55. The van der Waals surface area contributed by atoms with E-state index in [2.05, 4.69) is 16.0 Å². The van der Waals surface area contributed by atoms with Gasteiger partial charge in [-0.15, -0.1) is 0 Å². The average molecular weight is 286 g/mol. The standard InChI is InChI=1S/C15H18N4O2/c1-12(20)18-8-7-17-11-14(9-16)15(21)19-10-13-5-3-2-4-6-13/h2-6,11,17H,7-8,10H2,1H3,(H,18,20)(H,19,21)/b14-11-. The lowest BCUT2D eigenvalue weighted by Crippen LogP contribution is -2.29. The van der Waals surface area contributed by atoms with E-state index in [0.29, 0.717) is 19.6 Å². The van der Waals surface area contributed by atoms with Crippen molar-refractivity contribution in [2.24, 2.45) is 0 Å². The molecule has 21 heavy (non-hydrogen) atoms. The van der Waals surface area contributed by atoms with Gasteiger partial charge in [0.05, 0.1) is 0 Å². The van der Waals surface area contributed by atoms with Crippen LogP contribution in [0.25, 0.3) is 0 Å². The molecule has 0 spiro atoms. The van der Waals surface area contributed by atoms with Gasteiger partial charge in [0.2, 0.25) is 5.91 Å². The first-order valence-electron chi connectivity index (χ1n) is 6.53. The van der Waals surface area contributed by atoms with Gasteiger partial charge in [-0.3, -0.25) is 9.59 Å². The number of carbonyl (C=O) groups excluding carboxylic acids is 2. The minimum Gasteiger partial charge on any atom is -0.388 e. The normalized spacial score (nSPS) is 10.4. The van der Waals surface area contributed by atoms with E-state index in [1.807, 2.05) is 36.4 Å². The van der Waals surface area contributed by atoms with Crippen LogP contribution < -0.4 is 16.0 Å². The predicted molar refractivity (Wildman–Crippen MR) is 78.7 cm³/mol. The Bertz CT molecular complexity index is 547. The molecule has 0 fully saturated rings. The second-order valence-corrected chi connectivity index (χ2v) is 4.28. The van der Waals surface area contributed by atoms with Gasteiger partial charge in [-0.1, -0.05) is 30.3 Å². The van der Waals surface area contributed by atoms with Crippen LogP contribution in [0.4, 0.5) is 0 Å². The van der Waals surface area contributed by atoms with Gasteiger partial charge in [-0.05, 0) is 5.56 Å². The van der Waals surface area contributed by atoms with Gasteiger partial charge < -0.3 is 16.0 Å². The smallest absolute Gasteiger partial charge is 0.263 e. The van der Waals surface area contributed by atoms with Crippen LogP contribution in [0.1, 0.15) is 12.5 Å². The zero-order chi connectivity index (χ0) is 15.5. The molecule has 110 valence electrons. The minimum absolute atomic E-state index is 0.00578. The first-order chi connectivity index (χ1) is 10.1. The fourth-order valence-electron chi connectivity index (χ4n) is 1.51. The number of nitrogens with zero attached hydrogens (tertiary/aromatic N) is 1. The Morgan fingerprint density at radius 1 is 1.19 bits per heavy atom. The largest absolute Gasteiger partial charge is 0.388 e. The summed E-state index contributed by atoms with van der Waals surface area (Å²) in [6.45, 7) is 2.66. The predicted octanol–water partition coefficient (Wildman–Crippen LogP) is 0.436. The van der Waals surface area contributed by atoms with E-state index in [0.717, 1.165) is 5.56 Å². The maximum Gasteiger partial charge on any atom is 0.263 e. The van der Waals surface area contributed by atoms with Gasteiger partial charge in [-0.2, -0.15) is 5.26 Å². The summed E-state index contributed by atoms with van der Waals surface area (Å²) in [5, 5.41) is 17.0. The Labute approximate surface area is 123 Å². The molecule has 0 aliphatic carbocycles. The molecular formula is C15H18N4O2. The number of benzene rings is 1. The second-order valence-electron chi connectivity index (χ2n) is 4.28. The second kappa shape index (κ2) is 9.15. The van der Waals surface area contributed by atoms with Gasteiger partial charge in [0, 0.05) is 32.8 Å². The molecule has 1 aromatic carbocycles. The van der Waals surface area contributed by atoms with E-state index >= 15 is 0 Å². The number of hydrogen-bond donors (Lipinski definition) is 3. The van der Waals surface area contributed by atoms with Gasteiger partial charge in [-0.25, -0.2) is 0 Å². The summed E-state index contributed by atoms with van der Waals surface area (Å²) in [5.41, 5.74) is 0.954. The van der Waals surface area contributed by atoms with Gasteiger partial charge in [0.25, 0.3) is 5.91 Å². The number of rotatable bonds is 7. The number of carbonyl (C=O) groups is 2. The summed E-state index contributed by atoms with van der Waals surface area (Å²) in [4.78, 5) is 22.5. The van der Waals surface area contributed by atoms with Gasteiger partial charge >= 0.3 is 0 Å². The highest BCUT2D eigenvalue weighted by atomic mass is 16.2. The van der Waals surface area contributed by atoms with E-state index in [9.17, 15) is 9.59 Å². The summed E-state index contributed by atoms with van der Waals surface area (Å²) < 4.78 is 0. The molecule has 0 saturated heterocycles. The summed E-state index contributed by atoms with van der Waals surface area (Å²) in [7, 11) is 0. The molecule has 1 rings (SSSR count). The van der Waals surface area contributed by atoms with Crippen molar-refractivity contribution in [2.75, 3.05) is 13.1 Å². The molecule has 6 heteroatoms. The van der Waals surface area contributed by atoms with Crippen molar-refractivity contribution in [2.45, 2.75) is 13.5 Å². The fourth-order valence-corrected chi connectivity index (χ4v) is 1.51. The molecule has 3 N–H and O–H groups in total. The Kier molecular flexibility index (Phi) is 7.08. The molecule has 2 amide bonds. The van der Waals surface area contributed by atoms with Crippen LogP contribution in [0, 0.1) is 11.3 Å². The van der Waals surface area contributed by atoms with E-state index in [4.69, 9.17) is 5.26 Å². The van der Waals surface area contributed by atoms with E-state index in [1.165, 1.54) is 13.1 Å². The summed E-state index contributed by atoms with van der Waals surface area (Å²) >= 11 is 0. The molecule has 0 aliphatic rings. The Morgan fingerprint density at radius 2 is 1.90 bits per heavy atom. The monoisotopic (exact) mass is 286 g/mol. The molecule has 0 bridgehead atoms. The third kappa shape index (κ3) is 6.78. The fraction of sp³-hybridized carbons (Fsp3) is 0.267.